The molecule has 4 nitrogen and oxygen atoms in total. The Balaban J connectivity index is 1.22. The second kappa shape index (κ2) is 9.60. The van der Waals surface area contributed by atoms with Gasteiger partial charge in [0.15, 0.2) is 0 Å². The summed E-state index contributed by atoms with van der Waals surface area (Å²) < 4.78 is 1.79. The van der Waals surface area contributed by atoms with E-state index in [9.17, 15) is 4.79 Å². The number of hydrogen-bond donors (Lipinski definition) is 1. The summed E-state index contributed by atoms with van der Waals surface area (Å²) in [6.07, 6.45) is 1.10. The van der Waals surface area contributed by atoms with Crippen molar-refractivity contribution in [3.8, 4) is 0 Å². The van der Waals surface area contributed by atoms with Crippen LogP contribution in [0.2, 0.25) is 5.02 Å². The van der Waals surface area contributed by atoms with Gasteiger partial charge in [-0.3, -0.25) is 4.79 Å². The van der Waals surface area contributed by atoms with Crippen LogP contribution >= 0.6 is 43.5 Å². The molecule has 160 valence electrons. The van der Waals surface area contributed by atoms with E-state index in [-0.39, 0.29) is 5.91 Å². The van der Waals surface area contributed by atoms with E-state index >= 15 is 0 Å². The van der Waals surface area contributed by atoms with Gasteiger partial charge in [0.05, 0.1) is 5.56 Å². The maximum Gasteiger partial charge on any atom is 0.255 e. The average molecular weight is 556 g/mol. The number of amides is 1. The number of nitrogens with zero attached hydrogens (tertiary/aromatic N) is 2. The minimum Gasteiger partial charge on any atom is -0.385 e. The fourth-order valence-electron chi connectivity index (χ4n) is 4.51. The van der Waals surface area contributed by atoms with E-state index in [0.29, 0.717) is 11.8 Å². The van der Waals surface area contributed by atoms with Gasteiger partial charge in [-0.05, 0) is 83.6 Å². The number of nitrogens with one attached hydrogen (secondary N) is 1. The summed E-state index contributed by atoms with van der Waals surface area (Å²) in [7, 11) is 0. The van der Waals surface area contributed by atoms with Gasteiger partial charge in [0.2, 0.25) is 0 Å². The van der Waals surface area contributed by atoms with Gasteiger partial charge in [-0.2, -0.15) is 0 Å². The smallest absolute Gasteiger partial charge is 0.255 e. The van der Waals surface area contributed by atoms with Crippen molar-refractivity contribution < 1.29 is 4.79 Å². The topological polar surface area (TPSA) is 35.6 Å². The molecule has 2 unspecified atom stereocenters. The summed E-state index contributed by atoms with van der Waals surface area (Å²) in [6, 6.07) is 11.9. The van der Waals surface area contributed by atoms with Crippen molar-refractivity contribution in [1.82, 2.24) is 9.80 Å². The van der Waals surface area contributed by atoms with Crippen molar-refractivity contribution >= 4 is 55.1 Å². The summed E-state index contributed by atoms with van der Waals surface area (Å²) in [5.74, 6) is 1.30. The summed E-state index contributed by atoms with van der Waals surface area (Å²) in [4.78, 5) is 17.5. The Hall–Kier alpha value is -1.08. The Labute approximate surface area is 200 Å². The van der Waals surface area contributed by atoms with Crippen molar-refractivity contribution in [2.24, 2.45) is 11.8 Å². The molecule has 30 heavy (non-hydrogen) atoms. The molecule has 0 bridgehead atoms. The van der Waals surface area contributed by atoms with Crippen LogP contribution in [-0.2, 0) is 0 Å². The third kappa shape index (κ3) is 5.04. The van der Waals surface area contributed by atoms with Gasteiger partial charge in [0.25, 0.3) is 5.91 Å². The number of carbonyl (C=O) groups is 1. The van der Waals surface area contributed by atoms with Crippen molar-refractivity contribution in [3.63, 3.8) is 0 Å². The molecular formula is C23H26Br2ClN3O. The van der Waals surface area contributed by atoms with Gasteiger partial charge in [-0.25, -0.2) is 0 Å². The van der Waals surface area contributed by atoms with E-state index in [1.807, 2.05) is 42.2 Å². The largest absolute Gasteiger partial charge is 0.385 e. The van der Waals surface area contributed by atoms with E-state index < -0.39 is 0 Å². The van der Waals surface area contributed by atoms with E-state index in [4.69, 9.17) is 11.6 Å². The zero-order valence-corrected chi connectivity index (χ0v) is 20.9. The molecule has 2 atom stereocenters. The van der Waals surface area contributed by atoms with Gasteiger partial charge < -0.3 is 15.1 Å². The van der Waals surface area contributed by atoms with Crippen LogP contribution in [0.4, 0.5) is 5.69 Å². The molecule has 1 N–H and O–H groups in total. The molecule has 2 fully saturated rings. The molecular weight excluding hydrogens is 530 g/mol. The summed E-state index contributed by atoms with van der Waals surface area (Å²) in [6.45, 7) is 7.94. The van der Waals surface area contributed by atoms with Gasteiger partial charge in [-0.1, -0.05) is 33.6 Å². The van der Waals surface area contributed by atoms with Crippen LogP contribution in [0.15, 0.2) is 45.3 Å². The first-order valence-corrected chi connectivity index (χ1v) is 12.3. The minimum absolute atomic E-state index is 0.130. The standard InChI is InChI=1S/C23H26Br2ClN3O/c1-15-3-5-19(10-22(15)26)27-7-2-8-28-11-16-13-29(14-17(16)12-28)23(30)20-9-18(24)4-6-21(20)25/h3-6,9-10,16-17,27H,2,7-8,11-14H2,1H3. The number of likely N-dealkylation sites (tertiary alicyclic amines) is 2. The number of carbonyl (C=O) groups excluding carboxylic acids is 1. The lowest BCUT2D eigenvalue weighted by atomic mass is 10.0. The maximum absolute atomic E-state index is 13.0. The van der Waals surface area contributed by atoms with E-state index in [1.165, 1.54) is 0 Å². The predicted molar refractivity (Wildman–Crippen MR) is 130 cm³/mol. The third-order valence-corrected chi connectivity index (χ3v) is 7.75. The van der Waals surface area contributed by atoms with Crippen molar-refractivity contribution in [2.75, 3.05) is 44.6 Å². The quantitative estimate of drug-likeness (QED) is 0.466. The fourth-order valence-corrected chi connectivity index (χ4v) is 5.47. The van der Waals surface area contributed by atoms with Crippen LogP contribution in [0.1, 0.15) is 22.3 Å². The van der Waals surface area contributed by atoms with Crippen LogP contribution in [0.25, 0.3) is 0 Å². The molecule has 2 saturated heterocycles. The Morgan fingerprint density at radius 2 is 1.83 bits per heavy atom. The fraction of sp³-hybridized carbons (Fsp3) is 0.435. The second-order valence-electron chi connectivity index (χ2n) is 8.36. The molecule has 0 aliphatic carbocycles. The highest BCUT2D eigenvalue weighted by molar-refractivity contribution is 9.11. The monoisotopic (exact) mass is 553 g/mol. The zero-order chi connectivity index (χ0) is 21.3. The van der Waals surface area contributed by atoms with Crippen LogP contribution in [-0.4, -0.2) is 55.0 Å². The number of fused-ring (bicyclic) bond motifs is 1. The normalized spacial score (nSPS) is 21.1. The van der Waals surface area contributed by atoms with Gasteiger partial charge in [0, 0.05) is 52.4 Å². The third-order valence-electron chi connectivity index (χ3n) is 6.16. The van der Waals surface area contributed by atoms with Gasteiger partial charge in [0.1, 0.15) is 0 Å². The van der Waals surface area contributed by atoms with E-state index in [1.54, 1.807) is 0 Å². The number of hydrogen-bond acceptors (Lipinski definition) is 3. The molecule has 0 saturated carbocycles. The summed E-state index contributed by atoms with van der Waals surface area (Å²) in [5, 5.41) is 4.27. The van der Waals surface area contributed by atoms with Crippen LogP contribution in [0, 0.1) is 18.8 Å². The molecule has 2 aromatic rings. The lowest BCUT2D eigenvalue weighted by Gasteiger charge is -2.22. The molecule has 2 aromatic carbocycles. The molecule has 7 heteroatoms. The molecule has 2 heterocycles. The molecule has 4 rings (SSSR count). The van der Waals surface area contributed by atoms with E-state index in [0.717, 1.165) is 76.5 Å². The minimum atomic E-state index is 0.130. The summed E-state index contributed by atoms with van der Waals surface area (Å²) in [5.41, 5.74) is 2.92. The Morgan fingerprint density at radius 1 is 1.10 bits per heavy atom. The molecule has 0 aromatic heterocycles. The van der Waals surface area contributed by atoms with Crippen molar-refractivity contribution in [2.45, 2.75) is 13.3 Å². The number of anilines is 1. The first kappa shape index (κ1) is 22.1. The molecule has 0 spiro atoms. The van der Waals surface area contributed by atoms with Crippen molar-refractivity contribution in [3.05, 3.63) is 61.5 Å². The molecule has 0 radical (unpaired) electrons. The second-order valence-corrected chi connectivity index (χ2v) is 10.5. The lowest BCUT2D eigenvalue weighted by Crippen LogP contribution is -2.34. The number of halogens is 3. The highest BCUT2D eigenvalue weighted by Gasteiger charge is 2.41. The molecule has 2 aliphatic heterocycles. The summed E-state index contributed by atoms with van der Waals surface area (Å²) >= 11 is 13.2. The Bertz CT molecular complexity index is 925. The van der Waals surface area contributed by atoms with Gasteiger partial charge in [-0.15, -0.1) is 0 Å². The predicted octanol–water partition coefficient (Wildman–Crippen LogP) is 5.68. The van der Waals surface area contributed by atoms with Crippen LogP contribution in [0.5, 0.6) is 0 Å². The first-order chi connectivity index (χ1) is 14.4. The number of aryl methyl sites for hydroxylation is 1. The molecule has 1 amide bonds. The highest BCUT2D eigenvalue weighted by Crippen LogP contribution is 2.33. The Kier molecular flexibility index (Phi) is 7.08. The maximum atomic E-state index is 13.0. The zero-order valence-electron chi connectivity index (χ0n) is 17.0. The lowest BCUT2D eigenvalue weighted by molar-refractivity contribution is 0.0773. The van der Waals surface area contributed by atoms with Crippen LogP contribution in [0.3, 0.4) is 0 Å². The van der Waals surface area contributed by atoms with Crippen LogP contribution < -0.4 is 5.32 Å². The Morgan fingerprint density at radius 3 is 2.53 bits per heavy atom. The average Bonchev–Trinajstić information content (AvgIpc) is 3.28. The number of benzene rings is 2. The van der Waals surface area contributed by atoms with Crippen molar-refractivity contribution in [1.29, 1.82) is 0 Å². The van der Waals surface area contributed by atoms with E-state index in [2.05, 4.69) is 48.1 Å². The molecule has 2 aliphatic rings. The highest BCUT2D eigenvalue weighted by atomic mass is 79.9. The number of rotatable bonds is 6. The van der Waals surface area contributed by atoms with Gasteiger partial charge >= 0.3 is 0 Å². The SMILES string of the molecule is Cc1ccc(NCCCN2CC3CN(C(=O)c4cc(Br)ccc4Br)CC3C2)cc1Cl. The first-order valence-electron chi connectivity index (χ1n) is 10.4.